The van der Waals surface area contributed by atoms with E-state index in [2.05, 4.69) is 55.3 Å². The van der Waals surface area contributed by atoms with Crippen LogP contribution in [0.5, 0.6) is 0 Å². The molecule has 2 aliphatic rings. The van der Waals surface area contributed by atoms with Crippen molar-refractivity contribution >= 4 is 17.2 Å². The molecule has 8 nitrogen and oxygen atoms in total. The fraction of sp³-hybridized carbons (Fsp3) is 0.364. The summed E-state index contributed by atoms with van der Waals surface area (Å²) in [6.45, 7) is 14.2. The van der Waals surface area contributed by atoms with Crippen LogP contribution in [0.15, 0.2) is 61.3 Å². The first-order valence-corrected chi connectivity index (χ1v) is 10.3. The van der Waals surface area contributed by atoms with E-state index in [0.717, 1.165) is 56.3 Å². The van der Waals surface area contributed by atoms with E-state index in [-0.39, 0.29) is 0 Å². The normalized spacial score (nSPS) is 17.5. The van der Waals surface area contributed by atoms with Crippen molar-refractivity contribution in [2.24, 2.45) is 5.73 Å². The van der Waals surface area contributed by atoms with E-state index in [1.807, 2.05) is 12.1 Å². The highest BCUT2D eigenvalue weighted by Crippen LogP contribution is 2.26. The molecule has 158 valence electrons. The average Bonchev–Trinajstić information content (AvgIpc) is 2.70. The van der Waals surface area contributed by atoms with E-state index < -0.39 is 0 Å². The molecule has 2 saturated heterocycles. The van der Waals surface area contributed by atoms with Gasteiger partial charge in [0.25, 0.3) is 0 Å². The van der Waals surface area contributed by atoms with Gasteiger partial charge in [-0.25, -0.2) is 4.98 Å². The Morgan fingerprint density at radius 1 is 1.03 bits per heavy atom. The van der Waals surface area contributed by atoms with Gasteiger partial charge in [0.15, 0.2) is 0 Å². The Morgan fingerprint density at radius 3 is 2.33 bits per heavy atom. The Kier molecular flexibility index (Phi) is 5.76. The topological polar surface area (TPSA) is 99.6 Å². The van der Waals surface area contributed by atoms with Gasteiger partial charge >= 0.3 is 0 Å². The number of benzene rings is 1. The highest BCUT2D eigenvalue weighted by molar-refractivity contribution is 5.58. The summed E-state index contributed by atoms with van der Waals surface area (Å²) in [6, 6.07) is 8.95. The molecule has 0 spiro atoms. The van der Waals surface area contributed by atoms with Crippen LogP contribution in [0, 0.1) is 0 Å². The summed E-state index contributed by atoms with van der Waals surface area (Å²) in [5.41, 5.74) is 15.4. The van der Waals surface area contributed by atoms with Gasteiger partial charge in [-0.15, -0.1) is 0 Å². The second kappa shape index (κ2) is 8.62. The van der Waals surface area contributed by atoms with Crippen molar-refractivity contribution in [3.63, 3.8) is 0 Å². The first-order chi connectivity index (χ1) is 14.5. The summed E-state index contributed by atoms with van der Waals surface area (Å²) >= 11 is 0. The number of allylic oxidation sites excluding steroid dienone is 1. The highest BCUT2D eigenvalue weighted by atomic mass is 15.4. The molecule has 0 bridgehead atoms. The number of nitrogens with one attached hydrogen (secondary N) is 1. The van der Waals surface area contributed by atoms with E-state index in [1.165, 1.54) is 5.69 Å². The standard InChI is InChI=1S/C22H30N8/c1-16(11-19-12-26-22(24)13-25-19)28-7-9-29(10-8-28)21-14-30(15-21)20-5-3-18(4-6-20)27-17(2)23/h3-6,12-13,21,27H,1-2,7-11,14-15,23H2,(H2,24,26). The molecule has 8 heteroatoms. The molecule has 0 aliphatic carbocycles. The Hall–Kier alpha value is -3.26. The molecule has 1 aromatic heterocycles. The van der Waals surface area contributed by atoms with Crippen molar-refractivity contribution in [1.29, 1.82) is 0 Å². The third kappa shape index (κ3) is 4.65. The van der Waals surface area contributed by atoms with E-state index >= 15 is 0 Å². The van der Waals surface area contributed by atoms with E-state index in [4.69, 9.17) is 11.5 Å². The number of hydrogen-bond donors (Lipinski definition) is 3. The molecular formula is C22H30N8. The van der Waals surface area contributed by atoms with Gasteiger partial charge in [-0.3, -0.25) is 9.88 Å². The Balaban J connectivity index is 1.21. The zero-order chi connectivity index (χ0) is 21.1. The minimum atomic E-state index is 0.446. The number of aromatic nitrogens is 2. The maximum Gasteiger partial charge on any atom is 0.141 e. The number of rotatable bonds is 7. The fourth-order valence-corrected chi connectivity index (χ4v) is 4.02. The zero-order valence-electron chi connectivity index (χ0n) is 17.3. The lowest BCUT2D eigenvalue weighted by Gasteiger charge is -2.49. The molecule has 0 unspecified atom stereocenters. The number of nitrogen functional groups attached to an aromatic ring is 1. The van der Waals surface area contributed by atoms with Gasteiger partial charge in [0.2, 0.25) is 0 Å². The summed E-state index contributed by atoms with van der Waals surface area (Å²) in [4.78, 5) is 15.8. The summed E-state index contributed by atoms with van der Waals surface area (Å²) in [6.07, 6.45) is 4.04. The maximum absolute atomic E-state index is 5.61. The predicted molar refractivity (Wildman–Crippen MR) is 122 cm³/mol. The van der Waals surface area contributed by atoms with Crippen LogP contribution >= 0.6 is 0 Å². The van der Waals surface area contributed by atoms with Crippen LogP contribution < -0.4 is 21.7 Å². The predicted octanol–water partition coefficient (Wildman–Crippen LogP) is 1.46. The number of nitrogens with zero attached hydrogens (tertiary/aromatic N) is 5. The third-order valence-corrected chi connectivity index (χ3v) is 5.79. The summed E-state index contributed by atoms with van der Waals surface area (Å²) in [7, 11) is 0. The summed E-state index contributed by atoms with van der Waals surface area (Å²) in [5.74, 6) is 0.900. The number of hydrogen-bond acceptors (Lipinski definition) is 8. The summed E-state index contributed by atoms with van der Waals surface area (Å²) < 4.78 is 0. The molecule has 0 saturated carbocycles. The lowest BCUT2D eigenvalue weighted by molar-refractivity contribution is 0.0986. The first-order valence-electron chi connectivity index (χ1n) is 10.3. The van der Waals surface area contributed by atoms with Crippen LogP contribution in [-0.4, -0.2) is 65.1 Å². The van der Waals surface area contributed by atoms with Crippen LogP contribution in [0.1, 0.15) is 5.69 Å². The smallest absolute Gasteiger partial charge is 0.141 e. The van der Waals surface area contributed by atoms with Gasteiger partial charge in [0.05, 0.1) is 23.9 Å². The van der Waals surface area contributed by atoms with Crippen molar-refractivity contribution in [3.05, 3.63) is 67.0 Å². The number of piperazine rings is 1. The van der Waals surface area contributed by atoms with Gasteiger partial charge in [-0.1, -0.05) is 13.2 Å². The van der Waals surface area contributed by atoms with Crippen LogP contribution in [0.2, 0.25) is 0 Å². The van der Waals surface area contributed by atoms with Crippen LogP contribution in [0.25, 0.3) is 0 Å². The third-order valence-electron chi connectivity index (χ3n) is 5.79. The molecule has 0 amide bonds. The molecule has 0 radical (unpaired) electrons. The monoisotopic (exact) mass is 406 g/mol. The van der Waals surface area contributed by atoms with Gasteiger partial charge < -0.3 is 26.6 Å². The van der Waals surface area contributed by atoms with Gasteiger partial charge in [0, 0.05) is 68.8 Å². The Bertz CT molecular complexity index is 878. The van der Waals surface area contributed by atoms with E-state index in [9.17, 15) is 0 Å². The van der Waals surface area contributed by atoms with Crippen LogP contribution in [0.3, 0.4) is 0 Å². The van der Waals surface area contributed by atoms with Crippen molar-refractivity contribution in [1.82, 2.24) is 19.8 Å². The molecule has 2 aromatic rings. The van der Waals surface area contributed by atoms with Gasteiger partial charge in [0.1, 0.15) is 5.82 Å². The van der Waals surface area contributed by atoms with Gasteiger partial charge in [-0.2, -0.15) is 0 Å². The molecule has 5 N–H and O–H groups in total. The zero-order valence-corrected chi connectivity index (χ0v) is 17.3. The van der Waals surface area contributed by atoms with Crippen LogP contribution in [0.4, 0.5) is 17.2 Å². The minimum absolute atomic E-state index is 0.446. The lowest BCUT2D eigenvalue weighted by Crippen LogP contribution is -2.63. The van der Waals surface area contributed by atoms with Crippen molar-refractivity contribution in [2.45, 2.75) is 12.5 Å². The molecule has 3 heterocycles. The molecule has 2 aliphatic heterocycles. The van der Waals surface area contributed by atoms with E-state index in [1.54, 1.807) is 12.4 Å². The van der Waals surface area contributed by atoms with E-state index in [0.29, 0.717) is 24.1 Å². The Labute approximate surface area is 177 Å². The van der Waals surface area contributed by atoms with Crippen molar-refractivity contribution in [2.75, 3.05) is 55.2 Å². The lowest BCUT2D eigenvalue weighted by atomic mass is 10.0. The fourth-order valence-electron chi connectivity index (χ4n) is 4.02. The number of nitrogens with two attached hydrogens (primary N) is 2. The first kappa shape index (κ1) is 20.0. The van der Waals surface area contributed by atoms with Crippen molar-refractivity contribution in [3.8, 4) is 0 Å². The second-order valence-electron chi connectivity index (χ2n) is 7.95. The molecule has 1 aromatic carbocycles. The molecule has 0 atom stereocenters. The highest BCUT2D eigenvalue weighted by Gasteiger charge is 2.33. The quantitative estimate of drug-likeness (QED) is 0.636. The minimum Gasteiger partial charge on any atom is -0.386 e. The molecule has 4 rings (SSSR count). The van der Waals surface area contributed by atoms with Crippen LogP contribution in [-0.2, 0) is 6.42 Å². The largest absolute Gasteiger partial charge is 0.386 e. The maximum atomic E-state index is 5.61. The summed E-state index contributed by atoms with van der Waals surface area (Å²) in [5, 5.41) is 3.03. The molecule has 2 fully saturated rings. The molecule has 30 heavy (non-hydrogen) atoms. The Morgan fingerprint density at radius 2 is 1.73 bits per heavy atom. The average molecular weight is 407 g/mol. The SMILES string of the molecule is C=C(N)Nc1ccc(N2CC(N3CCN(C(=C)Cc4cnc(N)cn4)CC3)C2)cc1. The molecular weight excluding hydrogens is 376 g/mol. The number of anilines is 3. The van der Waals surface area contributed by atoms with Crippen molar-refractivity contribution < 1.29 is 0 Å². The van der Waals surface area contributed by atoms with Gasteiger partial charge in [-0.05, 0) is 24.3 Å². The second-order valence-corrected chi connectivity index (χ2v) is 7.95.